The molecule has 1 fully saturated rings. The summed E-state index contributed by atoms with van der Waals surface area (Å²) in [6.45, 7) is 0.312. The molecule has 1 aromatic heterocycles. The standard InChI is InChI=1S/C13H19NO3/c15-12(11-6-5-9-17-11)14-10-13(16)7-3-1-2-4-8-13/h5-6,9,16H,1-4,7-8,10H2,(H,14,15). The summed E-state index contributed by atoms with van der Waals surface area (Å²) < 4.78 is 5.00. The predicted molar refractivity (Wildman–Crippen MR) is 63.7 cm³/mol. The van der Waals surface area contributed by atoms with Crippen LogP contribution in [0.15, 0.2) is 22.8 Å². The third-order valence-electron chi connectivity index (χ3n) is 3.36. The van der Waals surface area contributed by atoms with Crippen LogP contribution in [0.3, 0.4) is 0 Å². The minimum atomic E-state index is -0.737. The van der Waals surface area contributed by atoms with Gasteiger partial charge in [-0.05, 0) is 25.0 Å². The molecule has 4 heteroatoms. The fourth-order valence-corrected chi connectivity index (χ4v) is 2.30. The molecule has 0 bridgehead atoms. The summed E-state index contributed by atoms with van der Waals surface area (Å²) in [5.74, 6) is 0.0369. The van der Waals surface area contributed by atoms with Gasteiger partial charge >= 0.3 is 0 Å². The summed E-state index contributed by atoms with van der Waals surface area (Å²) in [5, 5.41) is 13.1. The quantitative estimate of drug-likeness (QED) is 0.791. The van der Waals surface area contributed by atoms with Gasteiger partial charge in [0.1, 0.15) is 0 Å². The highest BCUT2D eigenvalue weighted by Gasteiger charge is 2.28. The Labute approximate surface area is 101 Å². The molecule has 1 aromatic rings. The van der Waals surface area contributed by atoms with E-state index >= 15 is 0 Å². The van der Waals surface area contributed by atoms with Crippen molar-refractivity contribution in [2.24, 2.45) is 0 Å². The van der Waals surface area contributed by atoms with E-state index in [0.29, 0.717) is 12.3 Å². The number of aliphatic hydroxyl groups is 1. The molecule has 0 aliphatic heterocycles. The molecule has 2 N–H and O–H groups in total. The van der Waals surface area contributed by atoms with E-state index in [0.717, 1.165) is 25.7 Å². The van der Waals surface area contributed by atoms with Crippen molar-refractivity contribution in [1.29, 1.82) is 0 Å². The van der Waals surface area contributed by atoms with Crippen LogP contribution in [0.2, 0.25) is 0 Å². The molecule has 0 aromatic carbocycles. The lowest BCUT2D eigenvalue weighted by molar-refractivity contribution is 0.0243. The number of carbonyl (C=O) groups is 1. The molecule has 0 atom stereocenters. The molecular formula is C13H19NO3. The van der Waals surface area contributed by atoms with Crippen molar-refractivity contribution < 1.29 is 14.3 Å². The maximum atomic E-state index is 11.7. The van der Waals surface area contributed by atoms with Crippen LogP contribution in [0.5, 0.6) is 0 Å². The summed E-state index contributed by atoms with van der Waals surface area (Å²) in [6.07, 6.45) is 7.43. The number of furan rings is 1. The minimum Gasteiger partial charge on any atom is -0.459 e. The van der Waals surface area contributed by atoms with Gasteiger partial charge in [0.05, 0.1) is 11.9 Å². The Morgan fingerprint density at radius 1 is 1.35 bits per heavy atom. The Morgan fingerprint density at radius 3 is 2.65 bits per heavy atom. The Balaban J connectivity index is 1.86. The second-order valence-electron chi connectivity index (χ2n) is 4.80. The fourth-order valence-electron chi connectivity index (χ4n) is 2.30. The number of carbonyl (C=O) groups excluding carboxylic acids is 1. The van der Waals surface area contributed by atoms with Crippen LogP contribution < -0.4 is 5.32 Å². The van der Waals surface area contributed by atoms with E-state index in [2.05, 4.69) is 5.32 Å². The molecule has 1 saturated carbocycles. The van der Waals surface area contributed by atoms with E-state index in [-0.39, 0.29) is 5.91 Å². The molecule has 1 amide bonds. The smallest absolute Gasteiger partial charge is 0.287 e. The zero-order valence-electron chi connectivity index (χ0n) is 9.95. The van der Waals surface area contributed by atoms with Gasteiger partial charge in [-0.15, -0.1) is 0 Å². The lowest BCUT2D eigenvalue weighted by Gasteiger charge is -2.26. The average Bonchev–Trinajstić information content (AvgIpc) is 2.77. The van der Waals surface area contributed by atoms with Gasteiger partial charge in [0.2, 0.25) is 0 Å². The van der Waals surface area contributed by atoms with Gasteiger partial charge < -0.3 is 14.8 Å². The summed E-state index contributed by atoms with van der Waals surface area (Å²) in [4.78, 5) is 11.7. The first-order chi connectivity index (χ1) is 8.20. The molecule has 94 valence electrons. The highest BCUT2D eigenvalue weighted by atomic mass is 16.3. The van der Waals surface area contributed by atoms with Gasteiger partial charge in [-0.1, -0.05) is 25.7 Å². The van der Waals surface area contributed by atoms with Crippen LogP contribution in [0.1, 0.15) is 49.1 Å². The molecule has 2 rings (SSSR count). The predicted octanol–water partition coefficient (Wildman–Crippen LogP) is 2.09. The van der Waals surface area contributed by atoms with E-state index in [1.54, 1.807) is 12.1 Å². The Hall–Kier alpha value is -1.29. The second kappa shape index (κ2) is 5.36. The van der Waals surface area contributed by atoms with Crippen molar-refractivity contribution in [3.05, 3.63) is 24.2 Å². The normalized spacial score (nSPS) is 19.6. The average molecular weight is 237 g/mol. The Bertz CT molecular complexity index is 351. The molecule has 1 aliphatic rings. The van der Waals surface area contributed by atoms with Gasteiger partial charge in [0.25, 0.3) is 5.91 Å². The van der Waals surface area contributed by atoms with Crippen molar-refractivity contribution in [1.82, 2.24) is 5.32 Å². The summed E-state index contributed by atoms with van der Waals surface area (Å²) >= 11 is 0. The highest BCUT2D eigenvalue weighted by molar-refractivity contribution is 5.91. The monoisotopic (exact) mass is 237 g/mol. The first-order valence-corrected chi connectivity index (χ1v) is 6.24. The van der Waals surface area contributed by atoms with Crippen LogP contribution in [0, 0.1) is 0 Å². The van der Waals surface area contributed by atoms with E-state index in [1.807, 2.05) is 0 Å². The third kappa shape index (κ3) is 3.33. The summed E-state index contributed by atoms with van der Waals surface area (Å²) in [6, 6.07) is 3.29. The topological polar surface area (TPSA) is 62.5 Å². The first-order valence-electron chi connectivity index (χ1n) is 6.24. The van der Waals surface area contributed by atoms with Crippen LogP contribution in [0.4, 0.5) is 0 Å². The third-order valence-corrected chi connectivity index (χ3v) is 3.36. The van der Waals surface area contributed by atoms with Crippen molar-refractivity contribution >= 4 is 5.91 Å². The number of hydrogen-bond donors (Lipinski definition) is 2. The van der Waals surface area contributed by atoms with Crippen molar-refractivity contribution in [3.8, 4) is 0 Å². The zero-order valence-corrected chi connectivity index (χ0v) is 9.95. The highest BCUT2D eigenvalue weighted by Crippen LogP contribution is 2.26. The van der Waals surface area contributed by atoms with Gasteiger partial charge in [-0.2, -0.15) is 0 Å². The maximum Gasteiger partial charge on any atom is 0.287 e. The molecule has 0 radical (unpaired) electrons. The van der Waals surface area contributed by atoms with Crippen molar-refractivity contribution in [2.45, 2.75) is 44.1 Å². The second-order valence-corrected chi connectivity index (χ2v) is 4.80. The van der Waals surface area contributed by atoms with Crippen molar-refractivity contribution in [2.75, 3.05) is 6.54 Å². The van der Waals surface area contributed by atoms with E-state index in [9.17, 15) is 9.90 Å². The Kier molecular flexibility index (Phi) is 3.84. The van der Waals surface area contributed by atoms with Gasteiger partial charge in [0, 0.05) is 6.54 Å². The molecular weight excluding hydrogens is 218 g/mol. The fraction of sp³-hybridized carbons (Fsp3) is 0.615. The van der Waals surface area contributed by atoms with E-state index < -0.39 is 5.60 Å². The molecule has 0 saturated heterocycles. The number of amides is 1. The largest absolute Gasteiger partial charge is 0.459 e. The summed E-state index contributed by atoms with van der Waals surface area (Å²) in [5.41, 5.74) is -0.737. The lowest BCUT2D eigenvalue weighted by Crippen LogP contribution is -2.42. The van der Waals surface area contributed by atoms with Gasteiger partial charge in [0.15, 0.2) is 5.76 Å². The summed E-state index contributed by atoms with van der Waals surface area (Å²) in [7, 11) is 0. The molecule has 0 spiro atoms. The number of rotatable bonds is 3. The lowest BCUT2D eigenvalue weighted by atomic mass is 9.94. The number of nitrogens with one attached hydrogen (secondary N) is 1. The SMILES string of the molecule is O=C(NCC1(O)CCCCCC1)c1ccco1. The zero-order chi connectivity index (χ0) is 12.1. The Morgan fingerprint density at radius 2 is 2.06 bits per heavy atom. The van der Waals surface area contributed by atoms with Crippen LogP contribution in [0.25, 0.3) is 0 Å². The minimum absolute atomic E-state index is 0.257. The molecule has 0 unspecified atom stereocenters. The van der Waals surface area contributed by atoms with Crippen LogP contribution in [-0.4, -0.2) is 23.2 Å². The van der Waals surface area contributed by atoms with Crippen molar-refractivity contribution in [3.63, 3.8) is 0 Å². The van der Waals surface area contributed by atoms with Gasteiger partial charge in [-0.25, -0.2) is 0 Å². The first kappa shape index (κ1) is 12.2. The van der Waals surface area contributed by atoms with Gasteiger partial charge in [-0.3, -0.25) is 4.79 Å². The van der Waals surface area contributed by atoms with Crippen LogP contribution in [-0.2, 0) is 0 Å². The molecule has 17 heavy (non-hydrogen) atoms. The maximum absolute atomic E-state index is 11.7. The number of hydrogen-bond acceptors (Lipinski definition) is 3. The molecule has 1 aliphatic carbocycles. The molecule has 1 heterocycles. The van der Waals surface area contributed by atoms with E-state index in [1.165, 1.54) is 19.1 Å². The van der Waals surface area contributed by atoms with E-state index in [4.69, 9.17) is 4.42 Å². The molecule has 4 nitrogen and oxygen atoms in total. The van der Waals surface area contributed by atoms with Crippen LogP contribution >= 0.6 is 0 Å².